The van der Waals surface area contributed by atoms with E-state index in [1.54, 1.807) is 12.3 Å². The molecule has 1 heterocycles. The fraction of sp³-hybridized carbons (Fsp3) is 0.214. The highest BCUT2D eigenvalue weighted by atomic mass is 19.1. The zero-order valence-corrected chi connectivity index (χ0v) is 10.3. The van der Waals surface area contributed by atoms with E-state index in [2.05, 4.69) is 4.98 Å². The monoisotopic (exact) mass is 245 g/mol. The summed E-state index contributed by atoms with van der Waals surface area (Å²) in [5.74, 6) is -0.218. The van der Waals surface area contributed by atoms with E-state index in [-0.39, 0.29) is 5.82 Å². The minimum atomic E-state index is -0.218. The van der Waals surface area contributed by atoms with E-state index in [9.17, 15) is 4.39 Å². The molecule has 0 unspecified atom stereocenters. The summed E-state index contributed by atoms with van der Waals surface area (Å²) in [6.07, 6.45) is 2.45. The highest BCUT2D eigenvalue weighted by molar-refractivity contribution is 5.45. The minimum absolute atomic E-state index is 0.218. The van der Waals surface area contributed by atoms with E-state index in [1.807, 2.05) is 30.1 Å². The second-order valence-electron chi connectivity index (χ2n) is 4.23. The van der Waals surface area contributed by atoms with Gasteiger partial charge in [-0.3, -0.25) is 4.98 Å². The maximum Gasteiger partial charge on any atom is 0.125 e. The van der Waals surface area contributed by atoms with Gasteiger partial charge in [0.25, 0.3) is 0 Å². The Hall–Kier alpha value is -2.10. The van der Waals surface area contributed by atoms with Crippen molar-refractivity contribution in [1.29, 1.82) is 0 Å². The van der Waals surface area contributed by atoms with Crippen molar-refractivity contribution in [3.05, 3.63) is 54.1 Å². The number of nitrogens with two attached hydrogens (primary N) is 1. The molecule has 2 rings (SSSR count). The van der Waals surface area contributed by atoms with Crippen molar-refractivity contribution in [3.8, 4) is 0 Å². The summed E-state index contributed by atoms with van der Waals surface area (Å²) in [4.78, 5) is 6.24. The molecule has 0 saturated carbocycles. The van der Waals surface area contributed by atoms with E-state index in [1.165, 1.54) is 12.1 Å². The van der Waals surface area contributed by atoms with Crippen LogP contribution in [0.15, 0.2) is 42.6 Å². The van der Waals surface area contributed by atoms with E-state index < -0.39 is 0 Å². The van der Waals surface area contributed by atoms with Crippen LogP contribution in [0, 0.1) is 5.82 Å². The molecule has 0 radical (unpaired) electrons. The molecule has 3 nitrogen and oxygen atoms in total. The molecule has 1 aromatic heterocycles. The summed E-state index contributed by atoms with van der Waals surface area (Å²) in [6, 6.07) is 10.3. The molecule has 18 heavy (non-hydrogen) atoms. The zero-order chi connectivity index (χ0) is 13.0. The lowest BCUT2D eigenvalue weighted by Gasteiger charge is -2.19. The Bertz CT molecular complexity index is 511. The van der Waals surface area contributed by atoms with Crippen molar-refractivity contribution >= 4 is 11.4 Å². The summed E-state index contributed by atoms with van der Waals surface area (Å²) < 4.78 is 13.1. The van der Waals surface area contributed by atoms with Gasteiger partial charge in [-0.25, -0.2) is 4.39 Å². The smallest absolute Gasteiger partial charge is 0.125 e. The zero-order valence-electron chi connectivity index (χ0n) is 10.3. The predicted octanol–water partition coefficient (Wildman–Crippen LogP) is 2.48. The third-order valence-electron chi connectivity index (χ3n) is 2.80. The fourth-order valence-electron chi connectivity index (χ4n) is 1.71. The molecular formula is C14H16FN3. The first-order valence-corrected chi connectivity index (χ1v) is 5.82. The summed E-state index contributed by atoms with van der Waals surface area (Å²) in [7, 11) is 1.94. The normalized spacial score (nSPS) is 10.3. The molecule has 0 amide bonds. The van der Waals surface area contributed by atoms with Gasteiger partial charge in [-0.1, -0.05) is 6.07 Å². The Kier molecular flexibility index (Phi) is 3.77. The highest BCUT2D eigenvalue weighted by Gasteiger charge is 2.03. The largest absolute Gasteiger partial charge is 0.397 e. The number of anilines is 2. The van der Waals surface area contributed by atoms with E-state index in [4.69, 9.17) is 5.73 Å². The van der Waals surface area contributed by atoms with Gasteiger partial charge in [0, 0.05) is 31.4 Å². The molecule has 94 valence electrons. The average Bonchev–Trinajstić information content (AvgIpc) is 2.38. The first kappa shape index (κ1) is 12.4. The molecule has 2 aromatic rings. The van der Waals surface area contributed by atoms with E-state index in [0.29, 0.717) is 5.69 Å². The molecule has 0 fully saturated rings. The topological polar surface area (TPSA) is 42.1 Å². The van der Waals surface area contributed by atoms with Crippen molar-refractivity contribution in [1.82, 2.24) is 4.98 Å². The van der Waals surface area contributed by atoms with Gasteiger partial charge < -0.3 is 10.6 Å². The third kappa shape index (κ3) is 3.20. The van der Waals surface area contributed by atoms with Gasteiger partial charge in [0.15, 0.2) is 0 Å². The molecule has 4 heteroatoms. The lowest BCUT2D eigenvalue weighted by Crippen LogP contribution is -2.20. The van der Waals surface area contributed by atoms with Crippen molar-refractivity contribution in [2.24, 2.45) is 0 Å². The number of rotatable bonds is 4. The second-order valence-corrected chi connectivity index (χ2v) is 4.23. The highest BCUT2D eigenvalue weighted by Crippen LogP contribution is 2.14. The molecular weight excluding hydrogens is 229 g/mol. The van der Waals surface area contributed by atoms with Crippen LogP contribution in [0.1, 0.15) is 5.69 Å². The Balaban J connectivity index is 1.96. The van der Waals surface area contributed by atoms with Gasteiger partial charge in [0.2, 0.25) is 0 Å². The molecule has 1 aromatic carbocycles. The van der Waals surface area contributed by atoms with Crippen LogP contribution in [0.5, 0.6) is 0 Å². The molecule has 0 saturated heterocycles. The maximum atomic E-state index is 13.1. The second kappa shape index (κ2) is 5.49. The lowest BCUT2D eigenvalue weighted by molar-refractivity contribution is 0.627. The Morgan fingerprint density at radius 2 is 2.11 bits per heavy atom. The summed E-state index contributed by atoms with van der Waals surface area (Å²) in [5, 5.41) is 0. The number of hydrogen-bond acceptors (Lipinski definition) is 3. The van der Waals surface area contributed by atoms with Gasteiger partial charge in [0.1, 0.15) is 5.82 Å². The maximum absolute atomic E-state index is 13.1. The Morgan fingerprint density at radius 3 is 2.78 bits per heavy atom. The number of aromatic nitrogens is 1. The number of likely N-dealkylation sites (N-methyl/N-ethyl adjacent to an activating group) is 1. The summed E-state index contributed by atoms with van der Waals surface area (Å²) >= 11 is 0. The average molecular weight is 245 g/mol. The molecule has 0 aliphatic rings. The van der Waals surface area contributed by atoms with Gasteiger partial charge in [-0.05, 0) is 30.3 Å². The number of benzene rings is 1. The van der Waals surface area contributed by atoms with Crippen LogP contribution in [0.4, 0.5) is 15.8 Å². The molecule has 0 aliphatic heterocycles. The Labute approximate surface area is 106 Å². The van der Waals surface area contributed by atoms with Gasteiger partial charge in [-0.2, -0.15) is 0 Å². The summed E-state index contributed by atoms with van der Waals surface area (Å²) in [5.41, 5.74) is 8.09. The molecule has 0 aliphatic carbocycles. The first-order valence-electron chi connectivity index (χ1n) is 5.82. The quantitative estimate of drug-likeness (QED) is 0.899. The fourth-order valence-corrected chi connectivity index (χ4v) is 1.71. The van der Waals surface area contributed by atoms with Crippen molar-refractivity contribution in [2.45, 2.75) is 6.42 Å². The predicted molar refractivity (Wildman–Crippen MR) is 72.0 cm³/mol. The molecule has 0 atom stereocenters. The third-order valence-corrected chi connectivity index (χ3v) is 2.80. The SMILES string of the molecule is CN(CCc1ccc(N)cn1)c1cccc(F)c1. The van der Waals surface area contributed by atoms with Crippen molar-refractivity contribution in [3.63, 3.8) is 0 Å². The number of nitrogens with zero attached hydrogens (tertiary/aromatic N) is 2. The van der Waals surface area contributed by atoms with Crippen molar-refractivity contribution in [2.75, 3.05) is 24.2 Å². The van der Waals surface area contributed by atoms with Crippen LogP contribution in [0.25, 0.3) is 0 Å². The minimum Gasteiger partial charge on any atom is -0.397 e. The lowest BCUT2D eigenvalue weighted by atomic mass is 10.2. The Morgan fingerprint density at radius 1 is 1.28 bits per heavy atom. The van der Waals surface area contributed by atoms with Crippen molar-refractivity contribution < 1.29 is 4.39 Å². The number of pyridine rings is 1. The van der Waals surface area contributed by atoms with Crippen LogP contribution in [-0.2, 0) is 6.42 Å². The van der Waals surface area contributed by atoms with Gasteiger partial charge in [0.05, 0.1) is 11.9 Å². The standard InChI is InChI=1S/C14H16FN3/c1-18(14-4-2-3-11(15)9-14)8-7-13-6-5-12(16)10-17-13/h2-6,9-10H,7-8,16H2,1H3. The number of hydrogen-bond donors (Lipinski definition) is 1. The van der Waals surface area contributed by atoms with E-state index >= 15 is 0 Å². The van der Waals surface area contributed by atoms with Crippen LogP contribution in [0.3, 0.4) is 0 Å². The van der Waals surface area contributed by atoms with Gasteiger partial charge in [-0.15, -0.1) is 0 Å². The van der Waals surface area contributed by atoms with Crippen LogP contribution >= 0.6 is 0 Å². The van der Waals surface area contributed by atoms with E-state index in [0.717, 1.165) is 24.3 Å². The summed E-state index contributed by atoms with van der Waals surface area (Å²) in [6.45, 7) is 0.778. The van der Waals surface area contributed by atoms with Crippen LogP contribution < -0.4 is 10.6 Å². The molecule has 2 N–H and O–H groups in total. The van der Waals surface area contributed by atoms with Crippen LogP contribution in [-0.4, -0.2) is 18.6 Å². The number of nitrogen functional groups attached to an aromatic ring is 1. The molecule has 0 bridgehead atoms. The molecule has 0 spiro atoms. The van der Waals surface area contributed by atoms with Gasteiger partial charge >= 0.3 is 0 Å². The number of halogens is 1. The first-order chi connectivity index (χ1) is 8.65. The van der Waals surface area contributed by atoms with Crippen LogP contribution in [0.2, 0.25) is 0 Å².